The highest BCUT2D eigenvalue weighted by Crippen LogP contribution is 2.37. The molecule has 0 saturated heterocycles. The molecule has 1 aliphatic carbocycles. The lowest BCUT2D eigenvalue weighted by atomic mass is 10.0. The fourth-order valence-corrected chi connectivity index (χ4v) is 1.94. The Bertz CT molecular complexity index is 349. The van der Waals surface area contributed by atoms with Crippen LogP contribution in [0.5, 0.6) is 5.75 Å². The van der Waals surface area contributed by atoms with E-state index in [1.165, 1.54) is 0 Å². The summed E-state index contributed by atoms with van der Waals surface area (Å²) in [5.41, 5.74) is 7.94. The van der Waals surface area contributed by atoms with Gasteiger partial charge in [-0.3, -0.25) is 0 Å². The minimum absolute atomic E-state index is 0.00720. The van der Waals surface area contributed by atoms with Gasteiger partial charge >= 0.3 is 0 Å². The Morgan fingerprint density at radius 1 is 1.50 bits per heavy atom. The van der Waals surface area contributed by atoms with Gasteiger partial charge in [-0.2, -0.15) is 0 Å². The van der Waals surface area contributed by atoms with Crippen LogP contribution in [0.25, 0.3) is 0 Å². The van der Waals surface area contributed by atoms with E-state index in [9.17, 15) is 5.11 Å². The van der Waals surface area contributed by atoms with E-state index in [-0.39, 0.29) is 11.3 Å². The van der Waals surface area contributed by atoms with Crippen molar-refractivity contribution in [2.45, 2.75) is 31.7 Å². The molecule has 1 aliphatic rings. The average Bonchev–Trinajstić information content (AvgIpc) is 2.79. The van der Waals surface area contributed by atoms with E-state index in [1.54, 1.807) is 6.07 Å². The first-order valence-electron chi connectivity index (χ1n) is 4.77. The zero-order valence-corrected chi connectivity index (χ0v) is 8.93. The highest BCUT2D eigenvalue weighted by Gasteiger charge is 2.38. The Kier molecular flexibility index (Phi) is 2.20. The molecule has 1 aromatic carbocycles. The first kappa shape index (κ1) is 9.81. The van der Waals surface area contributed by atoms with Crippen molar-refractivity contribution in [2.24, 2.45) is 5.73 Å². The van der Waals surface area contributed by atoms with Gasteiger partial charge < -0.3 is 10.8 Å². The van der Waals surface area contributed by atoms with Gasteiger partial charge in [0.2, 0.25) is 0 Å². The molecule has 0 atom stereocenters. The summed E-state index contributed by atoms with van der Waals surface area (Å²) in [7, 11) is 0. The van der Waals surface area contributed by atoms with Crippen LogP contribution in [-0.4, -0.2) is 10.6 Å². The summed E-state index contributed by atoms with van der Waals surface area (Å²) in [5, 5.41) is 9.90. The maximum Gasteiger partial charge on any atom is 0.137 e. The number of aromatic hydroxyl groups is 1. The third-order valence-electron chi connectivity index (χ3n) is 2.76. The Hall–Kier alpha value is -0.730. The normalized spacial score (nSPS) is 18.2. The maximum absolute atomic E-state index is 9.48. The van der Waals surface area contributed by atoms with E-state index in [0.29, 0.717) is 5.02 Å². The number of halogens is 1. The second-order valence-electron chi connectivity index (χ2n) is 4.28. The second kappa shape index (κ2) is 3.14. The highest BCUT2D eigenvalue weighted by atomic mass is 35.5. The predicted octanol–water partition coefficient (Wildman–Crippen LogP) is 2.39. The van der Waals surface area contributed by atoms with Crippen LogP contribution in [0, 0.1) is 6.92 Å². The van der Waals surface area contributed by atoms with E-state index in [0.717, 1.165) is 30.4 Å². The predicted molar refractivity (Wildman–Crippen MR) is 57.7 cm³/mol. The molecule has 2 rings (SSSR count). The summed E-state index contributed by atoms with van der Waals surface area (Å²) < 4.78 is 0. The number of hydrogen-bond donors (Lipinski definition) is 2. The smallest absolute Gasteiger partial charge is 0.137 e. The number of phenolic OH excluding ortho intramolecular Hbond substituents is 1. The van der Waals surface area contributed by atoms with Gasteiger partial charge in [0.25, 0.3) is 0 Å². The van der Waals surface area contributed by atoms with Crippen molar-refractivity contribution in [2.75, 3.05) is 0 Å². The molecule has 1 saturated carbocycles. The van der Waals surface area contributed by atoms with Crippen molar-refractivity contribution in [3.8, 4) is 5.75 Å². The maximum atomic E-state index is 9.48. The highest BCUT2D eigenvalue weighted by molar-refractivity contribution is 6.32. The lowest BCUT2D eigenvalue weighted by Gasteiger charge is -2.10. The monoisotopic (exact) mass is 211 g/mol. The van der Waals surface area contributed by atoms with Gasteiger partial charge in [0.1, 0.15) is 5.75 Å². The molecule has 0 unspecified atom stereocenters. The number of rotatable bonds is 2. The van der Waals surface area contributed by atoms with Crippen molar-refractivity contribution >= 4 is 11.6 Å². The molecule has 14 heavy (non-hydrogen) atoms. The molecule has 2 nitrogen and oxygen atoms in total. The van der Waals surface area contributed by atoms with Crippen LogP contribution in [0.4, 0.5) is 0 Å². The van der Waals surface area contributed by atoms with E-state index in [4.69, 9.17) is 17.3 Å². The van der Waals surface area contributed by atoms with E-state index < -0.39 is 0 Å². The van der Waals surface area contributed by atoms with Crippen molar-refractivity contribution < 1.29 is 5.11 Å². The first-order valence-corrected chi connectivity index (χ1v) is 5.15. The fourth-order valence-electron chi connectivity index (χ4n) is 1.65. The number of phenols is 1. The third kappa shape index (κ3) is 1.86. The summed E-state index contributed by atoms with van der Waals surface area (Å²) >= 11 is 5.88. The topological polar surface area (TPSA) is 46.2 Å². The molecule has 0 aromatic heterocycles. The van der Waals surface area contributed by atoms with Crippen molar-refractivity contribution in [3.05, 3.63) is 28.3 Å². The largest absolute Gasteiger partial charge is 0.506 e. The molecule has 3 N–H and O–H groups in total. The van der Waals surface area contributed by atoms with E-state index in [2.05, 4.69) is 0 Å². The molecule has 1 aromatic rings. The van der Waals surface area contributed by atoms with Crippen LogP contribution in [-0.2, 0) is 6.42 Å². The Labute approximate surface area is 88.7 Å². The quantitative estimate of drug-likeness (QED) is 0.789. The van der Waals surface area contributed by atoms with E-state index >= 15 is 0 Å². The molecular weight excluding hydrogens is 198 g/mol. The molecule has 1 fully saturated rings. The van der Waals surface area contributed by atoms with Crippen molar-refractivity contribution in [3.63, 3.8) is 0 Å². The first-order chi connectivity index (χ1) is 6.50. The van der Waals surface area contributed by atoms with E-state index in [1.807, 2.05) is 13.0 Å². The standard InChI is InChI=1S/C11H14ClNO/c1-7-4-8(5-9(12)10(7)14)6-11(13)2-3-11/h4-5,14H,2-3,6,13H2,1H3. The molecule has 0 bridgehead atoms. The molecule has 0 heterocycles. The van der Waals surface area contributed by atoms with Gasteiger partial charge in [0.05, 0.1) is 5.02 Å². The molecular formula is C11H14ClNO. The summed E-state index contributed by atoms with van der Waals surface area (Å²) in [4.78, 5) is 0. The third-order valence-corrected chi connectivity index (χ3v) is 3.05. The summed E-state index contributed by atoms with van der Waals surface area (Å²) in [6.45, 7) is 1.85. The molecule has 76 valence electrons. The molecule has 3 heteroatoms. The Morgan fingerprint density at radius 3 is 2.64 bits per heavy atom. The summed E-state index contributed by atoms with van der Waals surface area (Å²) in [6, 6.07) is 3.75. The molecule has 0 amide bonds. The van der Waals surface area contributed by atoms with Crippen LogP contribution in [0.3, 0.4) is 0 Å². The van der Waals surface area contributed by atoms with Crippen LogP contribution in [0.1, 0.15) is 24.0 Å². The average molecular weight is 212 g/mol. The minimum atomic E-state index is -0.00720. The summed E-state index contributed by atoms with van der Waals surface area (Å²) in [5.74, 6) is 0.178. The van der Waals surface area contributed by atoms with Crippen molar-refractivity contribution in [1.29, 1.82) is 0 Å². The van der Waals surface area contributed by atoms with Gasteiger partial charge in [0, 0.05) is 5.54 Å². The van der Waals surface area contributed by atoms with Crippen LogP contribution in [0.15, 0.2) is 12.1 Å². The number of nitrogens with two attached hydrogens (primary N) is 1. The Balaban J connectivity index is 2.26. The zero-order valence-electron chi connectivity index (χ0n) is 8.18. The van der Waals surface area contributed by atoms with Gasteiger partial charge in [-0.1, -0.05) is 17.7 Å². The van der Waals surface area contributed by atoms with Crippen LogP contribution in [0.2, 0.25) is 5.02 Å². The number of benzene rings is 1. The Morgan fingerprint density at radius 2 is 2.14 bits per heavy atom. The lowest BCUT2D eigenvalue weighted by molar-refractivity contribution is 0.471. The van der Waals surface area contributed by atoms with Gasteiger partial charge in [-0.05, 0) is 43.4 Å². The van der Waals surface area contributed by atoms with Gasteiger partial charge in [0.15, 0.2) is 0 Å². The number of hydrogen-bond acceptors (Lipinski definition) is 2. The second-order valence-corrected chi connectivity index (χ2v) is 4.69. The van der Waals surface area contributed by atoms with Crippen LogP contribution >= 0.6 is 11.6 Å². The lowest BCUT2D eigenvalue weighted by Crippen LogP contribution is -2.24. The zero-order chi connectivity index (χ0) is 10.3. The number of aryl methyl sites for hydroxylation is 1. The fraction of sp³-hybridized carbons (Fsp3) is 0.455. The van der Waals surface area contributed by atoms with Crippen molar-refractivity contribution in [1.82, 2.24) is 0 Å². The van der Waals surface area contributed by atoms with Gasteiger partial charge in [-0.25, -0.2) is 0 Å². The van der Waals surface area contributed by atoms with Crippen LogP contribution < -0.4 is 5.73 Å². The summed E-state index contributed by atoms with van der Waals surface area (Å²) in [6.07, 6.45) is 3.03. The molecule has 0 aliphatic heterocycles. The SMILES string of the molecule is Cc1cc(CC2(N)CC2)cc(Cl)c1O. The molecule has 0 spiro atoms. The van der Waals surface area contributed by atoms with Gasteiger partial charge in [-0.15, -0.1) is 0 Å². The minimum Gasteiger partial charge on any atom is -0.506 e. The molecule has 0 radical (unpaired) electrons.